The Bertz CT molecular complexity index is 2490. The molecule has 2 aliphatic heterocycles. The van der Waals surface area contributed by atoms with Gasteiger partial charge in [-0.05, 0) is 73.6 Å². The second-order valence-electron chi connectivity index (χ2n) is 22.9. The Balaban J connectivity index is 1.47. The third kappa shape index (κ3) is 17.9. The summed E-state index contributed by atoms with van der Waals surface area (Å²) in [6.07, 6.45) is -3.29. The molecule has 20 heteroatoms. The predicted molar refractivity (Wildman–Crippen MR) is 306 cm³/mol. The number of esters is 2. The zero-order valence-corrected chi connectivity index (χ0v) is 50.8. The fourth-order valence-electron chi connectivity index (χ4n) is 11.1. The van der Waals surface area contributed by atoms with Crippen molar-refractivity contribution >= 4 is 47.3 Å². The highest BCUT2D eigenvalue weighted by atomic mass is 16.7. The lowest BCUT2D eigenvalue weighted by atomic mass is 9.82. The smallest absolute Gasteiger partial charge is 0.410 e. The highest BCUT2D eigenvalue weighted by Crippen LogP contribution is 2.36. The zero-order chi connectivity index (χ0) is 61.3. The number of nitrogens with zero attached hydrogens (tertiary/aromatic N) is 2. The molecule has 0 aliphatic carbocycles. The van der Waals surface area contributed by atoms with Crippen LogP contribution in [0.4, 0.5) is 4.79 Å². The molecule has 2 aromatic rings. The maximum atomic E-state index is 14.5. The van der Waals surface area contributed by atoms with Gasteiger partial charge in [-0.1, -0.05) is 118 Å². The van der Waals surface area contributed by atoms with Gasteiger partial charge in [-0.15, -0.1) is 0 Å². The van der Waals surface area contributed by atoms with Crippen molar-refractivity contribution in [1.29, 1.82) is 0 Å². The van der Waals surface area contributed by atoms with E-state index in [0.717, 1.165) is 0 Å². The van der Waals surface area contributed by atoms with Crippen molar-refractivity contribution in [1.82, 2.24) is 20.4 Å². The minimum absolute atomic E-state index is 0.0163. The SMILES string of the molecule is C=CCOC(=O)c1cc(COC(=O)N(C)[C@H](C(=O)C[C@H](C(=O)N[C@@H](C(C)CC)[C@@H](CC(=O)N2CCC[C@H]2[C@H](OC)[C@@H](C)C(=O)N[C@H](C)[C@@H](O)c2ccccc2)OC)C(C)C)C(C)C)ccc1O[C@@H]1O[C@H](C(C)=O)[C@@H](C)[C@H](C)[C@H]1OC(C)=O. The maximum absolute atomic E-state index is 14.5. The fraction of sp³-hybridized carbons (Fsp3) is 0.645. The van der Waals surface area contributed by atoms with Gasteiger partial charge in [0.05, 0.1) is 54.8 Å². The van der Waals surface area contributed by atoms with E-state index in [9.17, 15) is 43.5 Å². The molecule has 3 N–H and O–H groups in total. The number of benzene rings is 2. The quantitative estimate of drug-likeness (QED) is 0.0387. The van der Waals surface area contributed by atoms with Crippen LogP contribution >= 0.6 is 0 Å². The lowest BCUT2D eigenvalue weighted by molar-refractivity contribution is -0.242. The molecule has 2 saturated heterocycles. The van der Waals surface area contributed by atoms with Crippen LogP contribution in [-0.2, 0) is 63.8 Å². The van der Waals surface area contributed by atoms with Crippen molar-refractivity contribution in [3.8, 4) is 5.75 Å². The molecule has 0 aromatic heterocycles. The van der Waals surface area contributed by atoms with Crippen LogP contribution < -0.4 is 15.4 Å². The minimum Gasteiger partial charge on any atom is -0.460 e. The molecule has 456 valence electrons. The number of rotatable bonds is 30. The average molecular weight is 1150 g/mol. The van der Waals surface area contributed by atoms with Crippen LogP contribution in [0.15, 0.2) is 61.2 Å². The molecule has 1 unspecified atom stereocenters. The topological polar surface area (TPSA) is 252 Å². The molecular weight excluding hydrogens is 1060 g/mol. The van der Waals surface area contributed by atoms with Crippen LogP contribution in [0.25, 0.3) is 0 Å². The zero-order valence-electron chi connectivity index (χ0n) is 50.8. The van der Waals surface area contributed by atoms with Gasteiger partial charge >= 0.3 is 18.0 Å². The van der Waals surface area contributed by atoms with Gasteiger partial charge in [-0.25, -0.2) is 9.59 Å². The van der Waals surface area contributed by atoms with Crippen molar-refractivity contribution in [3.63, 3.8) is 0 Å². The second-order valence-corrected chi connectivity index (χ2v) is 22.9. The Kier molecular flexibility index (Phi) is 26.6. The molecule has 2 aromatic carbocycles. The van der Waals surface area contributed by atoms with Gasteiger partial charge in [0.2, 0.25) is 24.0 Å². The van der Waals surface area contributed by atoms with E-state index in [-0.39, 0.29) is 84.4 Å². The van der Waals surface area contributed by atoms with Crippen molar-refractivity contribution < 1.29 is 76.6 Å². The number of amides is 4. The van der Waals surface area contributed by atoms with E-state index < -0.39 is 103 Å². The van der Waals surface area contributed by atoms with Crippen LogP contribution in [0.2, 0.25) is 0 Å². The normalized spacial score (nSPS) is 22.2. The molecule has 4 rings (SSSR count). The third-order valence-electron chi connectivity index (χ3n) is 16.3. The summed E-state index contributed by atoms with van der Waals surface area (Å²) >= 11 is 0. The first-order chi connectivity index (χ1) is 38.7. The third-order valence-corrected chi connectivity index (χ3v) is 16.3. The van der Waals surface area contributed by atoms with Crippen molar-refractivity contribution in [2.45, 2.75) is 183 Å². The number of methoxy groups -OCH3 is 2. The van der Waals surface area contributed by atoms with Crippen LogP contribution in [-0.4, -0.2) is 152 Å². The summed E-state index contributed by atoms with van der Waals surface area (Å²) < 4.78 is 40.9. The summed E-state index contributed by atoms with van der Waals surface area (Å²) in [5.41, 5.74) is 0.940. The van der Waals surface area contributed by atoms with Crippen molar-refractivity contribution in [2.24, 2.45) is 41.4 Å². The van der Waals surface area contributed by atoms with Gasteiger partial charge in [0, 0.05) is 53.0 Å². The number of ether oxygens (including phenoxy) is 7. The lowest BCUT2D eigenvalue weighted by Gasteiger charge is -2.42. The summed E-state index contributed by atoms with van der Waals surface area (Å²) in [4.78, 5) is 112. The first kappa shape index (κ1) is 68.3. The standard InChI is InChI=1S/C62H92N4O16/c1-17-29-78-60(74)46-30-43(26-27-49(46)81-61-57(80-42(13)68)38(9)37(8)55(82-61)41(12)67)33-79-62(75)65(14)53(35(5)6)48(69)31-45(34(3)4)59(73)64-52(36(7)18-2)50(76-15)32-51(70)66-28-22-25-47(66)56(77-16)39(10)58(72)63-40(11)54(71)44-23-20-19-21-24-44/h17,19-21,23-24,26-27,30,34-40,45,47,50,52-57,61,71H,1,18,22,25,28-29,31-33H2,2-16H3,(H,63,72)(H,64,73)/t36?,37-,38-,39+,40+,45-,47-,50+,52-,53-,54+,55-,56+,57+,61+/m0/s1. The molecule has 82 heavy (non-hydrogen) atoms. The number of ketones is 2. The Labute approximate surface area is 485 Å². The van der Waals surface area contributed by atoms with Gasteiger partial charge < -0.3 is 58.7 Å². The molecule has 4 amide bonds. The Morgan fingerprint density at radius 3 is 2.11 bits per heavy atom. The Morgan fingerprint density at radius 2 is 1.54 bits per heavy atom. The molecule has 2 heterocycles. The second kappa shape index (κ2) is 32.0. The lowest BCUT2D eigenvalue weighted by Crippen LogP contribution is -2.55. The predicted octanol–water partition coefficient (Wildman–Crippen LogP) is 7.57. The van der Waals surface area contributed by atoms with E-state index in [0.29, 0.717) is 36.9 Å². The molecule has 0 bridgehead atoms. The van der Waals surface area contributed by atoms with Crippen LogP contribution in [0.5, 0.6) is 5.75 Å². The molecule has 0 spiro atoms. The summed E-state index contributed by atoms with van der Waals surface area (Å²) in [6, 6.07) is 10.8. The van der Waals surface area contributed by atoms with Crippen LogP contribution in [0.1, 0.15) is 143 Å². The highest BCUT2D eigenvalue weighted by molar-refractivity contribution is 5.93. The van der Waals surface area contributed by atoms with E-state index in [1.165, 1.54) is 58.2 Å². The van der Waals surface area contributed by atoms with E-state index in [1.807, 2.05) is 59.7 Å². The van der Waals surface area contributed by atoms with E-state index >= 15 is 0 Å². The van der Waals surface area contributed by atoms with Crippen LogP contribution in [0.3, 0.4) is 0 Å². The number of hydrogen-bond donors (Lipinski definition) is 3. The van der Waals surface area contributed by atoms with Gasteiger partial charge in [0.1, 0.15) is 30.6 Å². The Morgan fingerprint density at radius 1 is 0.866 bits per heavy atom. The number of carbonyl (C=O) groups excluding carboxylic acids is 8. The summed E-state index contributed by atoms with van der Waals surface area (Å²) in [7, 11) is 4.45. The van der Waals surface area contributed by atoms with Gasteiger partial charge in [0.25, 0.3) is 0 Å². The molecular formula is C62H92N4O16. The molecule has 2 aliphatic rings. The number of Topliss-reactive ketones (excluding diaryl/α,β-unsaturated/α-hetero) is 2. The van der Waals surface area contributed by atoms with Crippen molar-refractivity contribution in [2.75, 3.05) is 34.4 Å². The Hall–Kier alpha value is -6.22. The number of carbonyl (C=O) groups is 8. The van der Waals surface area contributed by atoms with Crippen molar-refractivity contribution in [3.05, 3.63) is 77.9 Å². The number of likely N-dealkylation sites (N-methyl/N-ethyl adjacent to an activating group) is 1. The number of hydrogen-bond acceptors (Lipinski definition) is 16. The first-order valence-corrected chi connectivity index (χ1v) is 28.7. The highest BCUT2D eigenvalue weighted by Gasteiger charge is 2.47. The number of nitrogens with one attached hydrogen (secondary N) is 2. The molecule has 20 nitrogen and oxygen atoms in total. The number of likely N-dealkylation sites (tertiary alicyclic amines) is 1. The monoisotopic (exact) mass is 1150 g/mol. The van der Waals surface area contributed by atoms with Gasteiger partial charge in [0.15, 0.2) is 17.7 Å². The largest absolute Gasteiger partial charge is 0.460 e. The first-order valence-electron chi connectivity index (χ1n) is 28.7. The molecule has 0 saturated carbocycles. The van der Waals surface area contributed by atoms with E-state index in [1.54, 1.807) is 50.8 Å². The summed E-state index contributed by atoms with van der Waals surface area (Å²) in [5.74, 6) is -6.11. The van der Waals surface area contributed by atoms with Gasteiger partial charge in [-0.3, -0.25) is 28.8 Å². The van der Waals surface area contributed by atoms with E-state index in [2.05, 4.69) is 17.2 Å². The molecule has 0 radical (unpaired) electrons. The minimum atomic E-state index is -1.28. The average Bonchev–Trinajstić information content (AvgIpc) is 4.03. The fourth-order valence-corrected chi connectivity index (χ4v) is 11.1. The summed E-state index contributed by atoms with van der Waals surface area (Å²) in [5, 5.41) is 17.0. The molecule has 15 atom stereocenters. The number of aliphatic hydroxyl groups excluding tert-OH is 1. The van der Waals surface area contributed by atoms with Gasteiger partial charge in [-0.2, -0.15) is 0 Å². The maximum Gasteiger partial charge on any atom is 0.410 e. The number of aliphatic hydroxyl groups is 1. The summed E-state index contributed by atoms with van der Waals surface area (Å²) in [6.45, 7) is 24.5. The van der Waals surface area contributed by atoms with Crippen LogP contribution in [0, 0.1) is 41.4 Å². The van der Waals surface area contributed by atoms with E-state index in [4.69, 9.17) is 33.2 Å². The molecule has 2 fully saturated rings.